The highest BCUT2D eigenvalue weighted by Gasteiger charge is 2.24. The lowest BCUT2D eigenvalue weighted by atomic mass is 9.95. The molecule has 1 aromatic rings. The van der Waals surface area contributed by atoms with Crippen LogP contribution in [0.3, 0.4) is 0 Å². The molecule has 3 nitrogen and oxygen atoms in total. The maximum Gasteiger partial charge on any atom is 0.253 e. The Balaban J connectivity index is 2.77. The Hall–Kier alpha value is -0.900. The number of carbonyl (C=O) groups excluding carboxylic acids is 1. The molecular weight excluding hydrogens is 280 g/mol. The lowest BCUT2D eigenvalue weighted by molar-refractivity contribution is 0.0901. The number of alkyl halides is 1. The van der Waals surface area contributed by atoms with Crippen LogP contribution in [0.1, 0.15) is 42.6 Å². The van der Waals surface area contributed by atoms with Gasteiger partial charge in [-0.3, -0.25) is 9.78 Å². The van der Waals surface area contributed by atoms with Gasteiger partial charge in [-0.2, -0.15) is 0 Å². The van der Waals surface area contributed by atoms with Gasteiger partial charge in [-0.05, 0) is 38.3 Å². The molecule has 1 rings (SSSR count). The molecule has 17 heavy (non-hydrogen) atoms. The fourth-order valence-corrected chi connectivity index (χ4v) is 2.44. The quantitative estimate of drug-likeness (QED) is 0.849. The van der Waals surface area contributed by atoms with E-state index in [4.69, 9.17) is 0 Å². The van der Waals surface area contributed by atoms with Crippen LogP contribution in [0.4, 0.5) is 0 Å². The van der Waals surface area contributed by atoms with Crippen molar-refractivity contribution in [2.24, 2.45) is 0 Å². The molecule has 1 heterocycles. The van der Waals surface area contributed by atoms with E-state index >= 15 is 0 Å². The second kappa shape index (κ2) is 6.15. The zero-order chi connectivity index (χ0) is 12.9. The molecule has 1 amide bonds. The molecule has 0 spiro atoms. The van der Waals surface area contributed by atoms with E-state index in [2.05, 4.69) is 40.1 Å². The average Bonchev–Trinajstić information content (AvgIpc) is 2.29. The second-order valence-corrected chi connectivity index (χ2v) is 5.35. The van der Waals surface area contributed by atoms with E-state index in [1.165, 1.54) is 0 Å². The summed E-state index contributed by atoms with van der Waals surface area (Å²) in [4.78, 5) is 16.1. The highest BCUT2D eigenvalue weighted by molar-refractivity contribution is 9.09. The summed E-state index contributed by atoms with van der Waals surface area (Å²) in [6, 6.07) is 1.85. The van der Waals surface area contributed by atoms with Crippen molar-refractivity contribution < 1.29 is 4.79 Å². The second-order valence-electron chi connectivity index (χ2n) is 4.56. The van der Waals surface area contributed by atoms with E-state index in [-0.39, 0.29) is 11.4 Å². The summed E-state index contributed by atoms with van der Waals surface area (Å²) >= 11 is 3.42. The zero-order valence-electron chi connectivity index (χ0n) is 10.6. The predicted molar refractivity (Wildman–Crippen MR) is 73.5 cm³/mol. The van der Waals surface area contributed by atoms with E-state index in [1.807, 2.05) is 13.0 Å². The van der Waals surface area contributed by atoms with Crippen LogP contribution in [0.15, 0.2) is 18.5 Å². The molecule has 0 saturated heterocycles. The number of rotatable bonds is 5. The van der Waals surface area contributed by atoms with Gasteiger partial charge in [0.25, 0.3) is 5.91 Å². The Labute approximate surface area is 111 Å². The van der Waals surface area contributed by atoms with Crippen molar-refractivity contribution in [1.82, 2.24) is 10.3 Å². The van der Waals surface area contributed by atoms with Crippen LogP contribution < -0.4 is 5.32 Å². The van der Waals surface area contributed by atoms with E-state index in [0.29, 0.717) is 5.56 Å². The van der Waals surface area contributed by atoms with Gasteiger partial charge >= 0.3 is 0 Å². The van der Waals surface area contributed by atoms with Gasteiger partial charge in [-0.15, -0.1) is 0 Å². The standard InChI is InChI=1S/C13H19BrN2O/c1-4-13(3,5-6-14)16-12(17)11-7-10(2)8-15-9-11/h7-9H,4-6H2,1-3H3,(H,16,17). The molecule has 1 atom stereocenters. The Morgan fingerprint density at radius 2 is 2.24 bits per heavy atom. The third-order valence-electron chi connectivity index (χ3n) is 2.98. The van der Waals surface area contributed by atoms with Crippen molar-refractivity contribution in [3.8, 4) is 0 Å². The Morgan fingerprint density at radius 3 is 2.76 bits per heavy atom. The molecular formula is C13H19BrN2O. The summed E-state index contributed by atoms with van der Waals surface area (Å²) in [6.07, 6.45) is 5.17. The van der Waals surface area contributed by atoms with Gasteiger partial charge in [0.15, 0.2) is 0 Å². The van der Waals surface area contributed by atoms with Crippen molar-refractivity contribution in [3.63, 3.8) is 0 Å². The van der Waals surface area contributed by atoms with Crippen LogP contribution in [-0.2, 0) is 0 Å². The van der Waals surface area contributed by atoms with Crippen molar-refractivity contribution in [2.45, 2.75) is 39.2 Å². The fourth-order valence-electron chi connectivity index (χ4n) is 1.56. The van der Waals surface area contributed by atoms with E-state index < -0.39 is 0 Å². The Morgan fingerprint density at radius 1 is 1.53 bits per heavy atom. The first-order valence-electron chi connectivity index (χ1n) is 5.81. The predicted octanol–water partition coefficient (Wildman–Crippen LogP) is 3.07. The molecule has 1 aromatic heterocycles. The van der Waals surface area contributed by atoms with Crippen molar-refractivity contribution >= 4 is 21.8 Å². The normalized spacial score (nSPS) is 14.1. The summed E-state index contributed by atoms with van der Waals surface area (Å²) in [5.41, 5.74) is 1.46. The molecule has 0 saturated carbocycles. The zero-order valence-corrected chi connectivity index (χ0v) is 12.2. The first kappa shape index (κ1) is 14.2. The number of halogens is 1. The van der Waals surface area contributed by atoms with Crippen molar-refractivity contribution in [2.75, 3.05) is 5.33 Å². The Kier molecular flexibility index (Phi) is 5.12. The SMILES string of the molecule is CCC(C)(CCBr)NC(=O)c1cncc(C)c1. The number of pyridine rings is 1. The molecule has 4 heteroatoms. The van der Waals surface area contributed by atoms with E-state index in [1.54, 1.807) is 12.4 Å². The van der Waals surface area contributed by atoms with E-state index in [9.17, 15) is 4.79 Å². The maximum absolute atomic E-state index is 12.1. The van der Waals surface area contributed by atoms with Crippen LogP contribution in [0, 0.1) is 6.92 Å². The van der Waals surface area contributed by atoms with Crippen molar-refractivity contribution in [1.29, 1.82) is 0 Å². The van der Waals surface area contributed by atoms with Crippen LogP contribution >= 0.6 is 15.9 Å². The number of nitrogens with one attached hydrogen (secondary N) is 1. The van der Waals surface area contributed by atoms with Crippen LogP contribution in [0.25, 0.3) is 0 Å². The van der Waals surface area contributed by atoms with Crippen LogP contribution in [0.2, 0.25) is 0 Å². The molecule has 0 aliphatic rings. The van der Waals surface area contributed by atoms with Gasteiger partial charge in [-0.25, -0.2) is 0 Å². The Bertz CT molecular complexity index is 395. The number of hydrogen-bond acceptors (Lipinski definition) is 2. The summed E-state index contributed by atoms with van der Waals surface area (Å²) in [5.74, 6) is -0.0495. The molecule has 0 fully saturated rings. The number of nitrogens with zero attached hydrogens (tertiary/aromatic N) is 1. The molecule has 1 unspecified atom stereocenters. The third kappa shape index (κ3) is 4.11. The minimum atomic E-state index is -0.162. The molecule has 0 aliphatic heterocycles. The number of hydrogen-bond donors (Lipinski definition) is 1. The number of aryl methyl sites for hydroxylation is 1. The first-order chi connectivity index (χ1) is 8.00. The lowest BCUT2D eigenvalue weighted by Crippen LogP contribution is -2.45. The summed E-state index contributed by atoms with van der Waals surface area (Å²) in [6.45, 7) is 6.08. The minimum Gasteiger partial charge on any atom is -0.347 e. The van der Waals surface area contributed by atoms with Crippen molar-refractivity contribution in [3.05, 3.63) is 29.6 Å². The molecule has 0 aromatic carbocycles. The van der Waals surface area contributed by atoms with Crippen LogP contribution in [0.5, 0.6) is 0 Å². The number of amides is 1. The summed E-state index contributed by atoms with van der Waals surface area (Å²) < 4.78 is 0. The maximum atomic E-state index is 12.1. The fraction of sp³-hybridized carbons (Fsp3) is 0.538. The number of carbonyl (C=O) groups is 1. The van der Waals surface area contributed by atoms with Crippen LogP contribution in [-0.4, -0.2) is 21.8 Å². The molecule has 1 N–H and O–H groups in total. The minimum absolute atomic E-state index is 0.0495. The van der Waals surface area contributed by atoms with Gasteiger partial charge in [0, 0.05) is 23.3 Å². The van der Waals surface area contributed by atoms with Gasteiger partial charge in [-0.1, -0.05) is 22.9 Å². The first-order valence-corrected chi connectivity index (χ1v) is 6.93. The van der Waals surface area contributed by atoms with E-state index in [0.717, 1.165) is 23.7 Å². The van der Waals surface area contributed by atoms with Gasteiger partial charge < -0.3 is 5.32 Å². The lowest BCUT2D eigenvalue weighted by Gasteiger charge is -2.29. The van der Waals surface area contributed by atoms with Gasteiger partial charge in [0.1, 0.15) is 0 Å². The van der Waals surface area contributed by atoms with Gasteiger partial charge in [0.05, 0.1) is 5.56 Å². The highest BCUT2D eigenvalue weighted by Crippen LogP contribution is 2.16. The molecule has 0 aliphatic carbocycles. The number of aromatic nitrogens is 1. The molecule has 0 bridgehead atoms. The largest absolute Gasteiger partial charge is 0.347 e. The third-order valence-corrected chi connectivity index (χ3v) is 3.38. The summed E-state index contributed by atoms with van der Waals surface area (Å²) in [5, 5.41) is 3.96. The summed E-state index contributed by atoms with van der Waals surface area (Å²) in [7, 11) is 0. The smallest absolute Gasteiger partial charge is 0.253 e. The highest BCUT2D eigenvalue weighted by atomic mass is 79.9. The monoisotopic (exact) mass is 298 g/mol. The van der Waals surface area contributed by atoms with Gasteiger partial charge in [0.2, 0.25) is 0 Å². The molecule has 94 valence electrons. The molecule has 0 radical (unpaired) electrons. The average molecular weight is 299 g/mol. The topological polar surface area (TPSA) is 42.0 Å².